The van der Waals surface area contributed by atoms with Crippen molar-refractivity contribution in [1.29, 1.82) is 0 Å². The van der Waals surface area contributed by atoms with E-state index < -0.39 is 15.7 Å². The van der Waals surface area contributed by atoms with Crippen molar-refractivity contribution in [2.24, 2.45) is 0 Å². The molecule has 2 heterocycles. The second kappa shape index (κ2) is 8.68. The second-order valence-corrected chi connectivity index (χ2v) is 10.4. The maximum atomic E-state index is 14.3. The fourth-order valence-electron chi connectivity index (χ4n) is 4.40. The summed E-state index contributed by atoms with van der Waals surface area (Å²) in [5, 5.41) is 0.517. The predicted octanol–water partition coefficient (Wildman–Crippen LogP) is 4.40. The highest BCUT2D eigenvalue weighted by Gasteiger charge is 2.31. The standard InChI is InChI=1S/C26H23F2N3O2S/c1-18-2-9-22(10-3-18)34(32,33)25-17-29-24-11-6-20(28)16-23(24)26(25)31-14-12-30(13-15-31)21-7-4-19(27)5-8-21/h2-11,16-17H,12-15H2,1H3/p+1. The lowest BCUT2D eigenvalue weighted by atomic mass is 10.1. The first-order valence-corrected chi connectivity index (χ1v) is 12.5. The molecular weight excluding hydrogens is 456 g/mol. The quantitative estimate of drug-likeness (QED) is 0.435. The fraction of sp³-hybridized carbons (Fsp3) is 0.192. The van der Waals surface area contributed by atoms with Crippen molar-refractivity contribution in [3.05, 3.63) is 90.1 Å². The van der Waals surface area contributed by atoms with Gasteiger partial charge in [0.25, 0.3) is 0 Å². The average Bonchev–Trinajstić information content (AvgIpc) is 2.84. The van der Waals surface area contributed by atoms with Crippen LogP contribution in [-0.2, 0) is 9.84 Å². The number of rotatable bonds is 4. The summed E-state index contributed by atoms with van der Waals surface area (Å²) < 4.78 is 54.9. The first-order valence-electron chi connectivity index (χ1n) is 11.0. The smallest absolute Gasteiger partial charge is 0.214 e. The first-order chi connectivity index (χ1) is 16.3. The van der Waals surface area contributed by atoms with Crippen molar-refractivity contribution in [2.45, 2.75) is 16.7 Å². The maximum absolute atomic E-state index is 14.3. The molecule has 1 N–H and O–H groups in total. The molecule has 3 aromatic carbocycles. The van der Waals surface area contributed by atoms with Crippen molar-refractivity contribution in [3.8, 4) is 0 Å². The molecule has 0 spiro atoms. The molecule has 174 valence electrons. The normalized spacial score (nSPS) is 14.6. The molecule has 0 unspecified atom stereocenters. The molecule has 1 aliphatic rings. The number of aryl methyl sites for hydroxylation is 1. The van der Waals surface area contributed by atoms with Crippen LogP contribution in [0.2, 0.25) is 0 Å². The van der Waals surface area contributed by atoms with Gasteiger partial charge in [0.1, 0.15) is 11.6 Å². The number of fused-ring (bicyclic) bond motifs is 1. The molecule has 0 aliphatic carbocycles. The van der Waals surface area contributed by atoms with E-state index >= 15 is 0 Å². The molecular formula is C26H24F2N3O2S+. The molecule has 5 rings (SSSR count). The summed E-state index contributed by atoms with van der Waals surface area (Å²) in [4.78, 5) is 7.46. The third-order valence-corrected chi connectivity index (χ3v) is 8.02. The van der Waals surface area contributed by atoms with Crippen LogP contribution < -0.4 is 14.8 Å². The van der Waals surface area contributed by atoms with Gasteiger partial charge in [-0.05, 0) is 55.5 Å². The summed E-state index contributed by atoms with van der Waals surface area (Å²) in [6.07, 6.45) is 1.50. The molecule has 1 aromatic heterocycles. The molecule has 4 aromatic rings. The van der Waals surface area contributed by atoms with E-state index in [1.165, 1.54) is 30.5 Å². The van der Waals surface area contributed by atoms with Gasteiger partial charge in [-0.2, -0.15) is 0 Å². The summed E-state index contributed by atoms with van der Waals surface area (Å²) in [6, 6.07) is 17.4. The van der Waals surface area contributed by atoms with Crippen LogP contribution in [0, 0.1) is 18.6 Å². The highest BCUT2D eigenvalue weighted by molar-refractivity contribution is 7.91. The second-order valence-electron chi connectivity index (χ2n) is 8.46. The summed E-state index contributed by atoms with van der Waals surface area (Å²) >= 11 is 0. The van der Waals surface area contributed by atoms with Crippen LogP contribution in [0.3, 0.4) is 0 Å². The van der Waals surface area contributed by atoms with Crippen LogP contribution in [-0.4, -0.2) is 34.6 Å². The van der Waals surface area contributed by atoms with E-state index in [1.54, 1.807) is 42.5 Å². The van der Waals surface area contributed by atoms with Crippen molar-refractivity contribution in [2.75, 3.05) is 36.0 Å². The molecule has 0 bridgehead atoms. The largest absolute Gasteiger partial charge is 0.368 e. The number of hydrogen-bond acceptors (Lipinski definition) is 4. The Morgan fingerprint density at radius 1 is 0.794 bits per heavy atom. The number of aromatic nitrogens is 1. The van der Waals surface area contributed by atoms with Gasteiger partial charge in [0, 0.05) is 37.9 Å². The van der Waals surface area contributed by atoms with Gasteiger partial charge in [0.05, 0.1) is 16.0 Å². The summed E-state index contributed by atoms with van der Waals surface area (Å²) in [7, 11) is -3.86. The SMILES string of the molecule is Cc1ccc(S(=O)(=O)c2c[nH+]c3ccc(F)cc3c2N2CCN(c3ccc(F)cc3)CC2)cc1. The molecule has 1 saturated heterocycles. The minimum atomic E-state index is -3.86. The van der Waals surface area contributed by atoms with Crippen LogP contribution in [0.25, 0.3) is 10.9 Å². The molecule has 0 amide bonds. The number of hydrogen-bond donors (Lipinski definition) is 0. The molecule has 34 heavy (non-hydrogen) atoms. The average molecular weight is 481 g/mol. The van der Waals surface area contributed by atoms with E-state index in [0.29, 0.717) is 42.8 Å². The fourth-order valence-corrected chi connectivity index (χ4v) is 5.85. The Kier molecular flexibility index (Phi) is 5.69. The van der Waals surface area contributed by atoms with E-state index in [2.05, 4.69) is 9.88 Å². The summed E-state index contributed by atoms with van der Waals surface area (Å²) in [6.45, 7) is 4.19. The van der Waals surface area contributed by atoms with E-state index in [1.807, 2.05) is 11.8 Å². The van der Waals surface area contributed by atoms with Crippen LogP contribution in [0.15, 0.2) is 82.7 Å². The maximum Gasteiger partial charge on any atom is 0.214 e. The zero-order chi connectivity index (χ0) is 23.9. The highest BCUT2D eigenvalue weighted by Crippen LogP contribution is 2.36. The van der Waals surface area contributed by atoms with Gasteiger partial charge in [0.2, 0.25) is 15.4 Å². The van der Waals surface area contributed by atoms with Crippen molar-refractivity contribution in [3.63, 3.8) is 0 Å². The number of halogens is 2. The number of sulfone groups is 1. The van der Waals surface area contributed by atoms with E-state index in [4.69, 9.17) is 0 Å². The van der Waals surface area contributed by atoms with E-state index in [9.17, 15) is 17.2 Å². The number of anilines is 2. The van der Waals surface area contributed by atoms with E-state index in [-0.39, 0.29) is 15.6 Å². The Hall–Kier alpha value is -3.52. The Balaban J connectivity index is 1.57. The lowest BCUT2D eigenvalue weighted by Crippen LogP contribution is -2.47. The van der Waals surface area contributed by atoms with Gasteiger partial charge in [-0.3, -0.25) is 0 Å². The number of nitrogens with one attached hydrogen (secondary N) is 1. The number of H-pyrrole nitrogens is 1. The predicted molar refractivity (Wildman–Crippen MR) is 128 cm³/mol. The molecule has 1 aliphatic heterocycles. The van der Waals surface area contributed by atoms with Gasteiger partial charge < -0.3 is 9.80 Å². The minimum Gasteiger partial charge on any atom is -0.368 e. The molecule has 0 radical (unpaired) electrons. The third kappa shape index (κ3) is 4.09. The minimum absolute atomic E-state index is 0.115. The highest BCUT2D eigenvalue weighted by atomic mass is 32.2. The lowest BCUT2D eigenvalue weighted by molar-refractivity contribution is -0.347. The van der Waals surface area contributed by atoms with E-state index in [0.717, 1.165) is 11.3 Å². The summed E-state index contributed by atoms with van der Waals surface area (Å²) in [5.41, 5.74) is 3.02. The monoisotopic (exact) mass is 480 g/mol. The van der Waals surface area contributed by atoms with Crippen molar-refractivity contribution < 1.29 is 22.2 Å². The molecule has 0 atom stereocenters. The Bertz CT molecular complexity index is 1450. The van der Waals surface area contributed by atoms with Gasteiger partial charge in [-0.25, -0.2) is 22.2 Å². The Morgan fingerprint density at radius 3 is 2.09 bits per heavy atom. The Morgan fingerprint density at radius 2 is 1.41 bits per heavy atom. The number of piperazine rings is 1. The topological polar surface area (TPSA) is 54.8 Å². The number of pyridine rings is 1. The zero-order valence-corrected chi connectivity index (χ0v) is 19.4. The molecule has 0 saturated carbocycles. The van der Waals surface area contributed by atoms with Gasteiger partial charge in [0.15, 0.2) is 11.1 Å². The summed E-state index contributed by atoms with van der Waals surface area (Å²) in [5.74, 6) is -0.723. The number of benzene rings is 3. The van der Waals surface area contributed by atoms with Crippen molar-refractivity contribution >= 4 is 32.1 Å². The first kappa shape index (κ1) is 22.3. The lowest BCUT2D eigenvalue weighted by Gasteiger charge is -2.38. The van der Waals surface area contributed by atoms with Crippen LogP contribution in [0.1, 0.15) is 5.56 Å². The van der Waals surface area contributed by atoms with Crippen molar-refractivity contribution in [1.82, 2.24) is 0 Å². The Labute approximate surface area is 197 Å². The number of nitrogens with zero attached hydrogens (tertiary/aromatic N) is 2. The zero-order valence-electron chi connectivity index (χ0n) is 18.6. The third-order valence-electron chi connectivity index (χ3n) is 6.24. The molecule has 8 heteroatoms. The van der Waals surface area contributed by atoms with Crippen LogP contribution >= 0.6 is 0 Å². The molecule has 1 fully saturated rings. The van der Waals surface area contributed by atoms with Crippen LogP contribution in [0.4, 0.5) is 20.2 Å². The van der Waals surface area contributed by atoms with Gasteiger partial charge in [-0.1, -0.05) is 17.7 Å². The molecule has 5 nitrogen and oxygen atoms in total. The van der Waals surface area contributed by atoms with Gasteiger partial charge in [-0.15, -0.1) is 0 Å². The number of aromatic amines is 1. The van der Waals surface area contributed by atoms with Gasteiger partial charge >= 0.3 is 0 Å². The van der Waals surface area contributed by atoms with Crippen LogP contribution in [0.5, 0.6) is 0 Å².